The summed E-state index contributed by atoms with van der Waals surface area (Å²) in [5, 5.41) is 2.07. The molecule has 5 nitrogen and oxygen atoms in total. The molecular weight excluding hydrogens is 466 g/mol. The number of hydrogen-bond donors (Lipinski definition) is 0. The van der Waals surface area contributed by atoms with Gasteiger partial charge in [0.2, 0.25) is 5.78 Å². The zero-order chi connectivity index (χ0) is 20.7. The monoisotopic (exact) mass is 483 g/mol. The van der Waals surface area contributed by atoms with Crippen LogP contribution in [0.25, 0.3) is 6.08 Å². The highest BCUT2D eigenvalue weighted by atomic mass is 79.9. The lowest BCUT2D eigenvalue weighted by atomic mass is 10.0. The summed E-state index contributed by atoms with van der Waals surface area (Å²) in [5.41, 5.74) is 2.25. The molecule has 0 atom stereocenters. The van der Waals surface area contributed by atoms with Crippen molar-refractivity contribution in [3.05, 3.63) is 79.6 Å². The number of thiophene rings is 1. The van der Waals surface area contributed by atoms with Gasteiger partial charge in [-0.1, -0.05) is 22.0 Å². The van der Waals surface area contributed by atoms with Crippen LogP contribution in [0.4, 0.5) is 0 Å². The van der Waals surface area contributed by atoms with Crippen LogP contribution in [-0.2, 0) is 13.1 Å². The van der Waals surface area contributed by atoms with Gasteiger partial charge in [-0.2, -0.15) is 0 Å². The maximum atomic E-state index is 13.0. The van der Waals surface area contributed by atoms with Crippen LogP contribution in [0.2, 0.25) is 0 Å². The number of benzene rings is 2. The van der Waals surface area contributed by atoms with Gasteiger partial charge in [0, 0.05) is 28.0 Å². The second kappa shape index (κ2) is 7.91. The molecule has 0 radical (unpaired) electrons. The molecule has 0 fully saturated rings. The Hall–Kier alpha value is -2.61. The number of hydrogen-bond acceptors (Lipinski definition) is 6. The Morgan fingerprint density at radius 2 is 2.17 bits per heavy atom. The fourth-order valence-corrected chi connectivity index (χ4v) is 4.81. The molecule has 0 unspecified atom stereocenters. The van der Waals surface area contributed by atoms with Gasteiger partial charge in [-0.25, -0.2) is 0 Å². The molecule has 0 aliphatic carbocycles. The van der Waals surface area contributed by atoms with Gasteiger partial charge in [0.1, 0.15) is 24.0 Å². The Morgan fingerprint density at radius 1 is 1.27 bits per heavy atom. The molecular formula is C23H18BrNO4S. The van der Waals surface area contributed by atoms with Crippen molar-refractivity contribution in [1.29, 1.82) is 0 Å². The van der Waals surface area contributed by atoms with Gasteiger partial charge in [0.05, 0.1) is 18.2 Å². The number of ketones is 1. The van der Waals surface area contributed by atoms with Crippen molar-refractivity contribution in [2.45, 2.75) is 13.1 Å². The minimum Gasteiger partial charge on any atom is -0.496 e. The van der Waals surface area contributed by atoms with E-state index < -0.39 is 0 Å². The van der Waals surface area contributed by atoms with Gasteiger partial charge in [0.25, 0.3) is 0 Å². The molecule has 0 spiro atoms. The topological polar surface area (TPSA) is 48.0 Å². The van der Waals surface area contributed by atoms with Crippen LogP contribution in [0.3, 0.4) is 0 Å². The molecule has 7 heteroatoms. The van der Waals surface area contributed by atoms with Gasteiger partial charge in [-0.3, -0.25) is 9.69 Å². The number of Topliss-reactive ketones (excluding diaryl/α,β-unsaturated/α-hetero) is 1. The van der Waals surface area contributed by atoms with E-state index in [2.05, 4.69) is 32.3 Å². The lowest BCUT2D eigenvalue weighted by Gasteiger charge is -2.29. The highest BCUT2D eigenvalue weighted by molar-refractivity contribution is 9.10. The average Bonchev–Trinajstić information content (AvgIpc) is 3.37. The molecule has 5 rings (SSSR count). The number of allylic oxidation sites excluding steroid dienone is 1. The summed E-state index contributed by atoms with van der Waals surface area (Å²) in [6.07, 6.45) is 1.73. The Balaban J connectivity index is 1.47. The number of ether oxygens (including phenoxy) is 3. The summed E-state index contributed by atoms with van der Waals surface area (Å²) >= 11 is 5.19. The first-order chi connectivity index (χ1) is 14.6. The lowest BCUT2D eigenvalue weighted by molar-refractivity contribution is 0.0882. The van der Waals surface area contributed by atoms with Gasteiger partial charge >= 0.3 is 0 Å². The van der Waals surface area contributed by atoms with Crippen molar-refractivity contribution in [1.82, 2.24) is 4.90 Å². The van der Waals surface area contributed by atoms with E-state index >= 15 is 0 Å². The molecule has 0 bridgehead atoms. The summed E-state index contributed by atoms with van der Waals surface area (Å²) in [5.74, 6) is 2.18. The second-order valence-corrected chi connectivity index (χ2v) is 9.03. The van der Waals surface area contributed by atoms with Crippen molar-refractivity contribution >= 4 is 39.1 Å². The average molecular weight is 484 g/mol. The highest BCUT2D eigenvalue weighted by Gasteiger charge is 2.33. The van der Waals surface area contributed by atoms with Crippen LogP contribution >= 0.6 is 27.3 Å². The van der Waals surface area contributed by atoms with Crippen molar-refractivity contribution in [3.8, 4) is 17.2 Å². The van der Waals surface area contributed by atoms with Crippen LogP contribution in [0.1, 0.15) is 26.4 Å². The zero-order valence-corrected chi connectivity index (χ0v) is 18.6. The van der Waals surface area contributed by atoms with Gasteiger partial charge < -0.3 is 14.2 Å². The van der Waals surface area contributed by atoms with Crippen LogP contribution < -0.4 is 14.2 Å². The minimum absolute atomic E-state index is 0.134. The summed E-state index contributed by atoms with van der Waals surface area (Å²) in [7, 11) is 1.60. The predicted molar refractivity (Wildman–Crippen MR) is 119 cm³/mol. The highest BCUT2D eigenvalue weighted by Crippen LogP contribution is 2.42. The van der Waals surface area contributed by atoms with Crippen molar-refractivity contribution in [2.24, 2.45) is 0 Å². The first-order valence-electron chi connectivity index (χ1n) is 9.43. The normalized spacial score (nSPS) is 16.7. The molecule has 1 aromatic heterocycles. The largest absolute Gasteiger partial charge is 0.496 e. The Morgan fingerprint density at radius 3 is 2.97 bits per heavy atom. The van der Waals surface area contributed by atoms with Crippen LogP contribution in [0, 0.1) is 0 Å². The molecule has 3 aromatic rings. The molecule has 152 valence electrons. The van der Waals surface area contributed by atoms with Crippen molar-refractivity contribution in [3.63, 3.8) is 0 Å². The van der Waals surface area contributed by atoms with Crippen molar-refractivity contribution < 1.29 is 19.0 Å². The number of carbonyl (C=O) groups excluding carboxylic acids is 1. The smallest absolute Gasteiger partial charge is 0.231 e. The molecule has 30 heavy (non-hydrogen) atoms. The number of methoxy groups -OCH3 is 1. The third-order valence-electron chi connectivity index (χ3n) is 5.12. The predicted octanol–water partition coefficient (Wildman–Crippen LogP) is 5.49. The van der Waals surface area contributed by atoms with E-state index in [1.54, 1.807) is 30.6 Å². The minimum atomic E-state index is -0.134. The second-order valence-electron chi connectivity index (χ2n) is 7.08. The number of halogens is 1. The van der Waals surface area contributed by atoms with Gasteiger partial charge in [0.15, 0.2) is 5.76 Å². The van der Waals surface area contributed by atoms with Gasteiger partial charge in [-0.15, -0.1) is 11.3 Å². The number of nitrogens with zero attached hydrogens (tertiary/aromatic N) is 1. The first kappa shape index (κ1) is 19.4. The van der Waals surface area contributed by atoms with E-state index in [4.69, 9.17) is 14.2 Å². The van der Waals surface area contributed by atoms with E-state index in [9.17, 15) is 4.79 Å². The molecule has 0 saturated heterocycles. The summed E-state index contributed by atoms with van der Waals surface area (Å²) in [6, 6.07) is 13.4. The van der Waals surface area contributed by atoms with Gasteiger partial charge in [-0.05, 0) is 47.9 Å². The summed E-state index contributed by atoms with van der Waals surface area (Å²) in [4.78, 5) is 16.5. The van der Waals surface area contributed by atoms with Crippen LogP contribution in [0.15, 0.2) is 58.1 Å². The maximum absolute atomic E-state index is 13.0. The number of carbonyl (C=O) groups is 1. The standard InChI is InChI=1S/C23H18BrNO4S/c1-27-19-6-4-15(24)9-14(19)10-21-22(26)17-5-7-20-18(23(17)29-21)12-25(13-28-20)11-16-3-2-8-30-16/h2-10H,11-13H2,1H3/b21-10-. The third-order valence-corrected chi connectivity index (χ3v) is 6.47. The first-order valence-corrected chi connectivity index (χ1v) is 11.1. The zero-order valence-electron chi connectivity index (χ0n) is 16.2. The molecule has 0 saturated carbocycles. The molecule has 2 aliphatic heterocycles. The fourth-order valence-electron chi connectivity index (χ4n) is 3.69. The molecule has 0 N–H and O–H groups in total. The van der Waals surface area contributed by atoms with Crippen LogP contribution in [0.5, 0.6) is 17.2 Å². The Kier molecular flexibility index (Phi) is 5.10. The fraction of sp³-hybridized carbons (Fsp3) is 0.174. The van der Waals surface area contributed by atoms with E-state index in [1.807, 2.05) is 30.3 Å². The van der Waals surface area contributed by atoms with E-state index in [0.29, 0.717) is 30.3 Å². The quantitative estimate of drug-likeness (QED) is 0.459. The third kappa shape index (κ3) is 3.53. The number of fused-ring (bicyclic) bond motifs is 3. The Bertz CT molecular complexity index is 1160. The Labute approximate surface area is 186 Å². The SMILES string of the molecule is COc1ccc(Br)cc1/C=C1\Oc2c(ccc3c2CN(Cc2cccs2)CO3)C1=O. The van der Waals surface area contributed by atoms with E-state index in [-0.39, 0.29) is 11.5 Å². The van der Waals surface area contributed by atoms with Crippen molar-refractivity contribution in [2.75, 3.05) is 13.8 Å². The summed E-state index contributed by atoms with van der Waals surface area (Å²) < 4.78 is 18.3. The van der Waals surface area contributed by atoms with E-state index in [0.717, 1.165) is 27.9 Å². The molecule has 3 heterocycles. The maximum Gasteiger partial charge on any atom is 0.231 e. The van der Waals surface area contributed by atoms with Crippen LogP contribution in [-0.4, -0.2) is 24.5 Å². The van der Waals surface area contributed by atoms with E-state index in [1.165, 1.54) is 4.88 Å². The lowest BCUT2D eigenvalue weighted by Crippen LogP contribution is -2.31. The number of rotatable bonds is 4. The summed E-state index contributed by atoms with van der Waals surface area (Å²) in [6.45, 7) is 1.97. The molecule has 0 amide bonds. The molecule has 2 aromatic carbocycles. The molecule has 2 aliphatic rings.